The normalized spacial score (nSPS) is 15.5. The molecule has 1 spiro atoms. The molecule has 0 amide bonds. The van der Waals surface area contributed by atoms with Gasteiger partial charge in [0.1, 0.15) is 0 Å². The fourth-order valence-corrected chi connectivity index (χ4v) is 12.4. The van der Waals surface area contributed by atoms with Gasteiger partial charge in [-0.25, -0.2) is 0 Å². The number of nitrogens with zero attached hydrogens (tertiary/aromatic N) is 1. The highest BCUT2D eigenvalue weighted by atomic mass is 32.1. The zero-order chi connectivity index (χ0) is 36.8. The maximum atomic E-state index is 2.56. The Labute approximate surface area is 332 Å². The molecular formula is C54H39NS. The average molecular weight is 734 g/mol. The Balaban J connectivity index is 1.16. The second-order valence-electron chi connectivity index (χ2n) is 15.8. The SMILES string of the molecule is c1ccc(N(c2cccc3c2-c2ccccc2C32CCCC2)c2cccc3c2sc2cccc(C4(c5ccccc5)c5ccccc5-c5ccccc54)c23)cc1. The molecule has 0 unspecified atom stereocenters. The summed E-state index contributed by atoms with van der Waals surface area (Å²) in [7, 11) is 0. The summed E-state index contributed by atoms with van der Waals surface area (Å²) >= 11 is 1.93. The Kier molecular flexibility index (Phi) is 6.95. The number of hydrogen-bond acceptors (Lipinski definition) is 2. The molecule has 1 aromatic heterocycles. The van der Waals surface area contributed by atoms with Crippen molar-refractivity contribution in [3.05, 3.63) is 221 Å². The minimum atomic E-state index is -0.476. The number of para-hydroxylation sites is 1. The van der Waals surface area contributed by atoms with Crippen molar-refractivity contribution in [2.45, 2.75) is 36.5 Å². The Bertz CT molecular complexity index is 2940. The monoisotopic (exact) mass is 733 g/mol. The van der Waals surface area contributed by atoms with Gasteiger partial charge in [0.25, 0.3) is 0 Å². The molecule has 8 aromatic carbocycles. The van der Waals surface area contributed by atoms with Crippen LogP contribution in [0.25, 0.3) is 42.4 Å². The maximum Gasteiger partial charge on any atom is 0.0720 e. The van der Waals surface area contributed by atoms with Crippen LogP contribution >= 0.6 is 11.3 Å². The molecule has 0 saturated heterocycles. The first kappa shape index (κ1) is 32.1. The summed E-state index contributed by atoms with van der Waals surface area (Å²) in [5.41, 5.74) is 17.1. The fraction of sp³-hybridized carbons (Fsp3) is 0.111. The number of hydrogen-bond donors (Lipinski definition) is 0. The van der Waals surface area contributed by atoms with Gasteiger partial charge >= 0.3 is 0 Å². The molecule has 1 saturated carbocycles. The Morgan fingerprint density at radius 3 is 1.71 bits per heavy atom. The number of benzene rings is 8. The van der Waals surface area contributed by atoms with Gasteiger partial charge < -0.3 is 4.90 Å². The van der Waals surface area contributed by atoms with E-state index in [0.717, 1.165) is 0 Å². The molecule has 3 aliphatic rings. The zero-order valence-electron chi connectivity index (χ0n) is 31.1. The van der Waals surface area contributed by atoms with Crippen LogP contribution in [0.2, 0.25) is 0 Å². The van der Waals surface area contributed by atoms with E-state index in [0.29, 0.717) is 0 Å². The van der Waals surface area contributed by atoms with E-state index in [-0.39, 0.29) is 5.41 Å². The molecule has 266 valence electrons. The third-order valence-electron chi connectivity index (χ3n) is 13.3. The Hall–Kier alpha value is -6.22. The van der Waals surface area contributed by atoms with Gasteiger partial charge in [-0.05, 0) is 93.2 Å². The number of rotatable bonds is 5. The van der Waals surface area contributed by atoms with Crippen LogP contribution in [0.1, 0.15) is 59.1 Å². The van der Waals surface area contributed by atoms with Crippen LogP contribution < -0.4 is 4.90 Å². The maximum absolute atomic E-state index is 2.56. The smallest absolute Gasteiger partial charge is 0.0720 e. The molecule has 1 fully saturated rings. The van der Waals surface area contributed by atoms with Crippen LogP contribution in [0.5, 0.6) is 0 Å². The van der Waals surface area contributed by atoms with Gasteiger partial charge in [-0.15, -0.1) is 11.3 Å². The number of anilines is 3. The molecule has 9 aromatic rings. The molecule has 0 radical (unpaired) electrons. The highest BCUT2D eigenvalue weighted by molar-refractivity contribution is 7.26. The van der Waals surface area contributed by atoms with Crippen molar-refractivity contribution < 1.29 is 0 Å². The molecule has 0 bridgehead atoms. The first-order valence-corrected chi connectivity index (χ1v) is 20.9. The molecular weight excluding hydrogens is 695 g/mol. The van der Waals surface area contributed by atoms with E-state index in [4.69, 9.17) is 0 Å². The van der Waals surface area contributed by atoms with Gasteiger partial charge in [0.2, 0.25) is 0 Å². The fourth-order valence-electron chi connectivity index (χ4n) is 11.2. The molecule has 12 rings (SSSR count). The van der Waals surface area contributed by atoms with Gasteiger partial charge in [0, 0.05) is 32.1 Å². The summed E-state index contributed by atoms with van der Waals surface area (Å²) in [5, 5.41) is 2.64. The summed E-state index contributed by atoms with van der Waals surface area (Å²) in [5.74, 6) is 0. The molecule has 0 atom stereocenters. The largest absolute Gasteiger partial charge is 0.308 e. The minimum Gasteiger partial charge on any atom is -0.308 e. The van der Waals surface area contributed by atoms with Crippen molar-refractivity contribution in [1.29, 1.82) is 0 Å². The summed E-state index contributed by atoms with van der Waals surface area (Å²) in [6.45, 7) is 0. The van der Waals surface area contributed by atoms with Crippen LogP contribution in [0.15, 0.2) is 188 Å². The predicted molar refractivity (Wildman–Crippen MR) is 236 cm³/mol. The molecule has 1 nitrogen and oxygen atoms in total. The van der Waals surface area contributed by atoms with Gasteiger partial charge in [0.05, 0.1) is 21.5 Å². The minimum absolute atomic E-state index is 0.0996. The van der Waals surface area contributed by atoms with Crippen LogP contribution in [-0.2, 0) is 10.8 Å². The lowest BCUT2D eigenvalue weighted by atomic mass is 9.66. The van der Waals surface area contributed by atoms with Gasteiger partial charge in [-0.2, -0.15) is 0 Å². The van der Waals surface area contributed by atoms with Crippen LogP contribution in [-0.4, -0.2) is 0 Å². The summed E-state index contributed by atoms with van der Waals surface area (Å²) in [6, 6.07) is 70.9. The quantitative estimate of drug-likeness (QED) is 0.170. The van der Waals surface area contributed by atoms with Crippen LogP contribution in [0, 0.1) is 0 Å². The van der Waals surface area contributed by atoms with Crippen LogP contribution in [0.3, 0.4) is 0 Å². The van der Waals surface area contributed by atoms with E-state index in [1.807, 2.05) is 11.3 Å². The Morgan fingerprint density at radius 2 is 0.982 bits per heavy atom. The highest BCUT2D eigenvalue weighted by Gasteiger charge is 2.48. The van der Waals surface area contributed by atoms with E-state index < -0.39 is 5.41 Å². The molecule has 0 N–H and O–H groups in total. The number of fused-ring (bicyclic) bond motifs is 11. The van der Waals surface area contributed by atoms with Gasteiger partial charge in [-0.3, -0.25) is 0 Å². The Morgan fingerprint density at radius 1 is 0.429 bits per heavy atom. The number of thiophene rings is 1. The van der Waals surface area contributed by atoms with Crippen molar-refractivity contribution in [3.63, 3.8) is 0 Å². The zero-order valence-corrected chi connectivity index (χ0v) is 31.9. The van der Waals surface area contributed by atoms with Crippen molar-refractivity contribution in [3.8, 4) is 22.3 Å². The van der Waals surface area contributed by atoms with E-state index in [2.05, 4.69) is 193 Å². The summed E-state index contributed by atoms with van der Waals surface area (Å²) < 4.78 is 2.62. The van der Waals surface area contributed by atoms with Gasteiger partial charge in [0.15, 0.2) is 0 Å². The molecule has 2 heteroatoms. The molecule has 0 aliphatic heterocycles. The topological polar surface area (TPSA) is 3.24 Å². The predicted octanol–water partition coefficient (Wildman–Crippen LogP) is 14.7. The van der Waals surface area contributed by atoms with Crippen molar-refractivity contribution in [2.24, 2.45) is 0 Å². The van der Waals surface area contributed by atoms with Crippen molar-refractivity contribution >= 4 is 48.6 Å². The highest BCUT2D eigenvalue weighted by Crippen LogP contribution is 2.62. The first-order chi connectivity index (χ1) is 27.8. The average Bonchev–Trinajstić information content (AvgIpc) is 4.04. The third-order valence-corrected chi connectivity index (χ3v) is 14.5. The molecule has 56 heavy (non-hydrogen) atoms. The van der Waals surface area contributed by atoms with E-state index in [9.17, 15) is 0 Å². The van der Waals surface area contributed by atoms with Crippen molar-refractivity contribution in [1.82, 2.24) is 0 Å². The standard InChI is InChI=1S/C54H39NS/c1-3-18-36(19-4-1)54(43-27-11-7-22-38(43)39-23-8-12-28-44(39)54)46-30-17-33-49-51(46)41-25-15-32-48(52(41)56-49)55(37-20-5-2-6-21-37)47-31-16-29-45-50(47)40-24-9-10-26-42(40)53(45)34-13-14-35-53/h1-12,15-33H,13-14,34-35H2. The summed E-state index contributed by atoms with van der Waals surface area (Å²) in [4.78, 5) is 2.56. The van der Waals surface area contributed by atoms with E-state index >= 15 is 0 Å². The summed E-state index contributed by atoms with van der Waals surface area (Å²) in [6.07, 6.45) is 5.00. The van der Waals surface area contributed by atoms with Gasteiger partial charge in [-0.1, -0.05) is 171 Å². The lowest BCUT2D eigenvalue weighted by Crippen LogP contribution is -2.28. The first-order valence-electron chi connectivity index (χ1n) is 20.1. The second kappa shape index (κ2) is 12.1. The van der Waals surface area contributed by atoms with E-state index in [1.165, 1.54) is 119 Å². The van der Waals surface area contributed by atoms with E-state index in [1.54, 1.807) is 0 Å². The lowest BCUT2D eigenvalue weighted by molar-refractivity contribution is 0.550. The molecule has 3 aliphatic carbocycles. The third kappa shape index (κ3) is 4.20. The lowest BCUT2D eigenvalue weighted by Gasteiger charge is -2.34. The van der Waals surface area contributed by atoms with Crippen molar-refractivity contribution in [2.75, 3.05) is 4.90 Å². The van der Waals surface area contributed by atoms with Crippen LogP contribution in [0.4, 0.5) is 17.1 Å². The second-order valence-corrected chi connectivity index (χ2v) is 16.9. The molecule has 1 heterocycles.